The molecule has 1 aromatic carbocycles. The molecular weight excluding hydrogens is 477 g/mol. The third-order valence-electron chi connectivity index (χ3n) is 6.52. The number of nitrogens with zero attached hydrogens (tertiary/aromatic N) is 7. The molecule has 0 aliphatic carbocycles. The van der Waals surface area contributed by atoms with Crippen LogP contribution in [-0.4, -0.2) is 79.0 Å². The number of amides is 1. The van der Waals surface area contributed by atoms with Gasteiger partial charge in [-0.15, -0.1) is 10.2 Å². The standard InChI is InChI=1S/C23H25F3N8O2/c1-12(8-24)34-17-7-14(5-6-16(17)29-31-34)19-15(25)9-33-20(19)21(36-4)28-22(30-33)27-18-10-32(13(2)35)11-23(18,3)26/h5-7,9,12,18H,8,10-11H2,1-4H3,(H,27,30)/t12-,18-,23?/m1/s1. The highest BCUT2D eigenvalue weighted by molar-refractivity contribution is 5.90. The average Bonchev–Trinajstić information content (AvgIpc) is 3.50. The summed E-state index contributed by atoms with van der Waals surface area (Å²) in [4.78, 5) is 17.5. The van der Waals surface area contributed by atoms with Crippen molar-refractivity contribution in [3.8, 4) is 17.0 Å². The van der Waals surface area contributed by atoms with Gasteiger partial charge in [0.1, 0.15) is 23.4 Å². The van der Waals surface area contributed by atoms with Gasteiger partial charge in [0.05, 0.1) is 43.0 Å². The van der Waals surface area contributed by atoms with Crippen molar-refractivity contribution >= 4 is 28.4 Å². The van der Waals surface area contributed by atoms with E-state index in [1.807, 2.05) is 0 Å². The Kier molecular flexibility index (Phi) is 5.72. The zero-order chi connectivity index (χ0) is 25.8. The van der Waals surface area contributed by atoms with E-state index in [4.69, 9.17) is 4.74 Å². The lowest BCUT2D eigenvalue weighted by Crippen LogP contribution is -2.40. The van der Waals surface area contributed by atoms with Crippen molar-refractivity contribution in [2.24, 2.45) is 0 Å². The predicted octanol–water partition coefficient (Wildman–Crippen LogP) is 3.19. The lowest BCUT2D eigenvalue weighted by atomic mass is 10.0. The molecule has 3 aromatic heterocycles. The quantitative estimate of drug-likeness (QED) is 0.432. The first kappa shape index (κ1) is 23.8. The van der Waals surface area contributed by atoms with Gasteiger partial charge in [-0.05, 0) is 31.5 Å². The Morgan fingerprint density at radius 2 is 2.17 bits per heavy atom. The van der Waals surface area contributed by atoms with Gasteiger partial charge < -0.3 is 15.0 Å². The van der Waals surface area contributed by atoms with Gasteiger partial charge in [0, 0.05) is 13.5 Å². The van der Waals surface area contributed by atoms with Crippen LogP contribution in [0.4, 0.5) is 19.1 Å². The Bertz CT molecular complexity index is 1470. The molecule has 0 radical (unpaired) electrons. The minimum absolute atomic E-state index is 0.0228. The van der Waals surface area contributed by atoms with E-state index in [9.17, 15) is 9.18 Å². The van der Waals surface area contributed by atoms with Crippen molar-refractivity contribution in [3.05, 3.63) is 30.2 Å². The maximum atomic E-state index is 15.3. The second-order valence-corrected chi connectivity index (χ2v) is 9.21. The Hall–Kier alpha value is -3.90. The van der Waals surface area contributed by atoms with E-state index < -0.39 is 30.2 Å². The first-order valence-electron chi connectivity index (χ1n) is 11.4. The summed E-state index contributed by atoms with van der Waals surface area (Å²) in [5, 5.41) is 15.3. The topological polar surface area (TPSA) is 102 Å². The summed E-state index contributed by atoms with van der Waals surface area (Å²) in [7, 11) is 1.39. The van der Waals surface area contributed by atoms with E-state index in [0.29, 0.717) is 16.6 Å². The summed E-state index contributed by atoms with van der Waals surface area (Å²) in [6, 6.07) is 3.72. The second kappa shape index (κ2) is 8.64. The van der Waals surface area contributed by atoms with E-state index in [1.165, 1.54) is 41.3 Å². The van der Waals surface area contributed by atoms with Crippen molar-refractivity contribution in [3.63, 3.8) is 0 Å². The van der Waals surface area contributed by atoms with Gasteiger partial charge >= 0.3 is 0 Å². The molecule has 1 unspecified atom stereocenters. The Morgan fingerprint density at radius 3 is 2.83 bits per heavy atom. The van der Waals surface area contributed by atoms with Gasteiger partial charge in [0.15, 0.2) is 5.82 Å². The van der Waals surface area contributed by atoms with Crippen LogP contribution in [0, 0.1) is 5.82 Å². The SMILES string of the molecule is COc1nc(N[C@@H]2CN(C(C)=O)CC2(C)F)nn2cc(F)c(-c3ccc4nnn([C@H](C)CF)c4c3)c12. The number of carbonyl (C=O) groups excluding carboxylic acids is 1. The highest BCUT2D eigenvalue weighted by Gasteiger charge is 2.45. The molecule has 0 bridgehead atoms. The van der Waals surface area contributed by atoms with E-state index in [-0.39, 0.29) is 41.9 Å². The van der Waals surface area contributed by atoms with Crippen LogP contribution in [0.3, 0.4) is 0 Å². The van der Waals surface area contributed by atoms with Crippen molar-refractivity contribution < 1.29 is 22.7 Å². The molecule has 1 amide bonds. The molecule has 1 aliphatic heterocycles. The minimum atomic E-state index is -1.71. The van der Waals surface area contributed by atoms with E-state index in [1.54, 1.807) is 25.1 Å². The zero-order valence-corrected chi connectivity index (χ0v) is 20.2. The van der Waals surface area contributed by atoms with Crippen LogP contribution in [0.1, 0.15) is 26.8 Å². The molecule has 5 rings (SSSR count). The highest BCUT2D eigenvalue weighted by atomic mass is 19.1. The largest absolute Gasteiger partial charge is 0.479 e. The van der Waals surface area contributed by atoms with Crippen LogP contribution in [0.15, 0.2) is 24.4 Å². The molecule has 0 spiro atoms. The smallest absolute Gasteiger partial charge is 0.244 e. The number of nitrogens with one attached hydrogen (secondary N) is 1. The number of halogens is 3. The van der Waals surface area contributed by atoms with Crippen molar-refractivity contribution in [2.75, 3.05) is 32.2 Å². The predicted molar refractivity (Wildman–Crippen MR) is 126 cm³/mol. The van der Waals surface area contributed by atoms with Gasteiger partial charge in [-0.1, -0.05) is 11.3 Å². The number of hydrogen-bond acceptors (Lipinski definition) is 7. The number of aromatic nitrogens is 6. The van der Waals surface area contributed by atoms with E-state index in [2.05, 4.69) is 25.7 Å². The maximum absolute atomic E-state index is 15.3. The number of fused-ring (bicyclic) bond motifs is 2. The highest BCUT2D eigenvalue weighted by Crippen LogP contribution is 2.36. The zero-order valence-electron chi connectivity index (χ0n) is 20.2. The van der Waals surface area contributed by atoms with Crippen LogP contribution < -0.4 is 10.1 Å². The summed E-state index contributed by atoms with van der Waals surface area (Å²) in [5.41, 5.74) is 0.297. The number of likely N-dealkylation sites (tertiary alicyclic amines) is 1. The van der Waals surface area contributed by atoms with Crippen LogP contribution in [0.25, 0.3) is 27.7 Å². The molecule has 10 nitrogen and oxygen atoms in total. The molecule has 1 N–H and O–H groups in total. The summed E-state index contributed by atoms with van der Waals surface area (Å²) in [6.45, 7) is 3.89. The molecule has 4 heterocycles. The Morgan fingerprint density at radius 1 is 1.39 bits per heavy atom. The number of hydrogen-bond donors (Lipinski definition) is 1. The normalized spacial score (nSPS) is 20.9. The number of benzene rings is 1. The molecule has 36 heavy (non-hydrogen) atoms. The van der Waals surface area contributed by atoms with Gasteiger partial charge in [-0.3, -0.25) is 4.79 Å². The molecule has 4 aromatic rings. The number of alkyl halides is 2. The number of methoxy groups -OCH3 is 1. The van der Waals surface area contributed by atoms with E-state index in [0.717, 1.165) is 0 Å². The van der Waals surface area contributed by atoms with Crippen LogP contribution in [-0.2, 0) is 4.79 Å². The lowest BCUT2D eigenvalue weighted by Gasteiger charge is -2.22. The fourth-order valence-corrected chi connectivity index (χ4v) is 4.53. The summed E-state index contributed by atoms with van der Waals surface area (Å²) in [6.07, 6.45) is 1.18. The molecule has 1 fully saturated rings. The fourth-order valence-electron chi connectivity index (χ4n) is 4.53. The molecule has 13 heteroatoms. The van der Waals surface area contributed by atoms with Crippen molar-refractivity contribution in [2.45, 2.75) is 38.5 Å². The maximum Gasteiger partial charge on any atom is 0.244 e. The van der Waals surface area contributed by atoms with Crippen LogP contribution >= 0.6 is 0 Å². The van der Waals surface area contributed by atoms with Gasteiger partial charge in [0.2, 0.25) is 17.7 Å². The molecular formula is C23H25F3N8O2. The second-order valence-electron chi connectivity index (χ2n) is 9.21. The monoisotopic (exact) mass is 502 g/mol. The average molecular weight is 503 g/mol. The van der Waals surface area contributed by atoms with Gasteiger partial charge in [-0.25, -0.2) is 22.4 Å². The molecule has 1 saturated heterocycles. The lowest BCUT2D eigenvalue weighted by molar-refractivity contribution is -0.128. The summed E-state index contributed by atoms with van der Waals surface area (Å²) < 4.78 is 51.9. The van der Waals surface area contributed by atoms with Crippen molar-refractivity contribution in [1.82, 2.24) is 34.5 Å². The number of anilines is 1. The Labute approximate surface area is 204 Å². The van der Waals surface area contributed by atoms with E-state index >= 15 is 8.78 Å². The molecule has 3 atom stereocenters. The minimum Gasteiger partial charge on any atom is -0.479 e. The molecule has 1 aliphatic rings. The van der Waals surface area contributed by atoms with Gasteiger partial charge in [-0.2, -0.15) is 4.98 Å². The first-order valence-corrected chi connectivity index (χ1v) is 11.4. The number of carbonyl (C=O) groups is 1. The Balaban J connectivity index is 1.57. The third-order valence-corrected chi connectivity index (χ3v) is 6.52. The van der Waals surface area contributed by atoms with Crippen LogP contribution in [0.2, 0.25) is 0 Å². The fraction of sp³-hybridized carbons (Fsp3) is 0.435. The first-order chi connectivity index (χ1) is 17.1. The number of ether oxygens (including phenoxy) is 1. The van der Waals surface area contributed by atoms with Gasteiger partial charge in [0.25, 0.3) is 0 Å². The third kappa shape index (κ3) is 3.88. The molecule has 0 saturated carbocycles. The summed E-state index contributed by atoms with van der Waals surface area (Å²) >= 11 is 0. The number of rotatable bonds is 6. The summed E-state index contributed by atoms with van der Waals surface area (Å²) in [5.74, 6) is -0.730. The van der Waals surface area contributed by atoms with Crippen molar-refractivity contribution in [1.29, 1.82) is 0 Å². The molecule has 190 valence electrons. The van der Waals surface area contributed by atoms with Crippen LogP contribution in [0.5, 0.6) is 5.88 Å².